The van der Waals surface area contributed by atoms with E-state index in [2.05, 4.69) is 47.0 Å². The molecule has 0 aliphatic carbocycles. The van der Waals surface area contributed by atoms with Crippen molar-refractivity contribution in [1.82, 2.24) is 40.0 Å². The number of alkyl halides is 3. The first-order valence-corrected chi connectivity index (χ1v) is 23.1. The Kier molecular flexibility index (Phi) is 17.3. The van der Waals surface area contributed by atoms with E-state index in [9.17, 15) is 33.3 Å². The van der Waals surface area contributed by atoms with Crippen LogP contribution in [0.15, 0.2) is 119 Å². The lowest BCUT2D eigenvalue weighted by molar-refractivity contribution is -0.137. The monoisotopic (exact) mass is 1040 g/mol. The number of likely N-dealkylation sites (N-methyl/N-ethyl adjacent to an activating group) is 2. The van der Waals surface area contributed by atoms with Crippen LogP contribution in [-0.2, 0) is 6.18 Å². The maximum atomic E-state index is 13.9. The molecule has 0 unspecified atom stereocenters. The fourth-order valence-electron chi connectivity index (χ4n) is 6.92. The summed E-state index contributed by atoms with van der Waals surface area (Å²) in [4.78, 5) is 46.3. The van der Waals surface area contributed by atoms with Gasteiger partial charge in [0.05, 0.1) is 56.9 Å². The first kappa shape index (κ1) is 53.8. The second kappa shape index (κ2) is 24.1. The van der Waals surface area contributed by atoms with E-state index in [1.54, 1.807) is 56.4 Å². The Morgan fingerprint density at radius 3 is 1.48 bits per heavy atom. The topological polar surface area (TPSA) is 234 Å². The minimum absolute atomic E-state index is 0.0460. The quantitative estimate of drug-likeness (QED) is 0.0916. The van der Waals surface area contributed by atoms with E-state index in [1.165, 1.54) is 48.7 Å². The van der Waals surface area contributed by atoms with Crippen molar-refractivity contribution in [1.29, 1.82) is 10.5 Å². The van der Waals surface area contributed by atoms with Gasteiger partial charge >= 0.3 is 6.18 Å². The van der Waals surface area contributed by atoms with Crippen LogP contribution in [0, 0.1) is 36.5 Å². The smallest absolute Gasteiger partial charge is 0.417 e. The number of carbonyl (C=O) groups is 2. The molecule has 8 rings (SSSR count). The number of aryl methyl sites for hydroxylation is 2. The molecule has 0 aliphatic rings. The molecule has 0 saturated carbocycles. The Morgan fingerprint density at radius 1 is 0.640 bits per heavy atom. The second-order valence-electron chi connectivity index (χ2n) is 16.9. The molecule has 0 aliphatic heterocycles. The van der Waals surface area contributed by atoms with E-state index < -0.39 is 17.6 Å². The Bertz CT molecular complexity index is 3410. The second-order valence-corrected chi connectivity index (χ2v) is 17.4. The van der Waals surface area contributed by atoms with Gasteiger partial charge in [0.25, 0.3) is 11.8 Å². The summed E-state index contributed by atoms with van der Waals surface area (Å²) in [6.07, 6.45) is -1.85. The fourth-order valence-corrected chi connectivity index (χ4v) is 7.20. The van der Waals surface area contributed by atoms with Crippen LogP contribution in [0.25, 0.3) is 45.3 Å². The van der Waals surface area contributed by atoms with Crippen LogP contribution in [0.2, 0.25) is 5.02 Å². The Morgan fingerprint density at radius 2 is 1.09 bits per heavy atom. The van der Waals surface area contributed by atoms with E-state index in [4.69, 9.17) is 30.1 Å². The van der Waals surface area contributed by atoms with E-state index in [0.717, 1.165) is 17.2 Å². The van der Waals surface area contributed by atoms with Crippen LogP contribution >= 0.6 is 11.6 Å². The summed E-state index contributed by atoms with van der Waals surface area (Å²) in [7, 11) is 7.62. The molecule has 4 aromatic heterocycles. The van der Waals surface area contributed by atoms with Gasteiger partial charge < -0.3 is 39.0 Å². The molecular weight excluding hydrogens is 993 g/mol. The van der Waals surface area contributed by atoms with E-state index in [0.29, 0.717) is 71.3 Å². The van der Waals surface area contributed by atoms with Crippen LogP contribution in [0.1, 0.15) is 49.2 Å². The number of nitriles is 2. The number of amides is 2. The molecule has 0 atom stereocenters. The number of pyridine rings is 2. The molecule has 2 amide bonds. The van der Waals surface area contributed by atoms with Crippen molar-refractivity contribution >= 4 is 34.8 Å². The summed E-state index contributed by atoms with van der Waals surface area (Å²) >= 11 is 6.48. The van der Waals surface area contributed by atoms with Gasteiger partial charge in [-0.15, -0.1) is 0 Å². The fraction of sp³-hybridized carbons (Fsp3) is 0.208. The molecule has 0 bridgehead atoms. The van der Waals surface area contributed by atoms with Crippen molar-refractivity contribution in [3.8, 4) is 68.9 Å². The molecule has 0 fully saturated rings. The zero-order valence-corrected chi connectivity index (χ0v) is 41.9. The predicted octanol–water partition coefficient (Wildman–Crippen LogP) is 10.0. The van der Waals surface area contributed by atoms with Gasteiger partial charge in [0.15, 0.2) is 0 Å². The van der Waals surface area contributed by atoms with Crippen molar-refractivity contribution in [2.75, 3.05) is 65.1 Å². The number of carbonyl (C=O) groups excluding carboxylic acids is 2. The molecule has 4 heterocycles. The van der Waals surface area contributed by atoms with Gasteiger partial charge in [-0.2, -0.15) is 33.7 Å². The minimum atomic E-state index is -4.67. The van der Waals surface area contributed by atoms with Crippen molar-refractivity contribution < 1.29 is 41.3 Å². The largest absolute Gasteiger partial charge is 0.491 e. The predicted molar refractivity (Wildman–Crippen MR) is 272 cm³/mol. The summed E-state index contributed by atoms with van der Waals surface area (Å²) in [5.41, 5.74) is 3.32. The zero-order valence-electron chi connectivity index (χ0n) is 41.2. The summed E-state index contributed by atoms with van der Waals surface area (Å²) in [5, 5.41) is 32.2. The number of rotatable bonds is 16. The highest BCUT2D eigenvalue weighted by Gasteiger charge is 2.35. The lowest BCUT2D eigenvalue weighted by Crippen LogP contribution is -2.20. The minimum Gasteiger partial charge on any atom is -0.491 e. The third kappa shape index (κ3) is 14.1. The zero-order chi connectivity index (χ0) is 53.8. The third-order valence-corrected chi connectivity index (χ3v) is 11.1. The first-order valence-electron chi connectivity index (χ1n) is 22.7. The Hall–Kier alpha value is -9.02. The normalized spacial score (nSPS) is 11.1. The van der Waals surface area contributed by atoms with E-state index in [-0.39, 0.29) is 57.0 Å². The summed E-state index contributed by atoms with van der Waals surface area (Å²) < 4.78 is 62.9. The molecular formula is C53H46ClF3N12O6. The Balaban J connectivity index is 0.000000219. The van der Waals surface area contributed by atoms with Crippen LogP contribution in [0.4, 0.5) is 24.5 Å². The van der Waals surface area contributed by atoms with Crippen molar-refractivity contribution in [2.45, 2.75) is 20.0 Å². The van der Waals surface area contributed by atoms with Gasteiger partial charge in [-0.1, -0.05) is 46.2 Å². The molecule has 4 aromatic carbocycles. The maximum Gasteiger partial charge on any atom is 0.417 e. The van der Waals surface area contributed by atoms with Crippen LogP contribution in [0.5, 0.6) is 11.5 Å². The van der Waals surface area contributed by atoms with Gasteiger partial charge in [0, 0.05) is 60.3 Å². The Labute approximate surface area is 433 Å². The average molecular weight is 1040 g/mol. The van der Waals surface area contributed by atoms with Gasteiger partial charge in [0.1, 0.15) is 36.9 Å². The molecule has 8 aromatic rings. The van der Waals surface area contributed by atoms with Crippen molar-refractivity contribution in [3.05, 3.63) is 154 Å². The molecule has 18 nitrogen and oxygen atoms in total. The average Bonchev–Trinajstić information content (AvgIpc) is 4.04. The molecule has 0 radical (unpaired) electrons. The molecule has 382 valence electrons. The lowest BCUT2D eigenvalue weighted by atomic mass is 10.00. The lowest BCUT2D eigenvalue weighted by Gasteiger charge is -2.14. The molecule has 75 heavy (non-hydrogen) atoms. The number of anilines is 2. The van der Waals surface area contributed by atoms with Gasteiger partial charge in [0.2, 0.25) is 23.4 Å². The molecule has 0 spiro atoms. The summed E-state index contributed by atoms with van der Waals surface area (Å²) in [5.74, 6) is 1.01. The van der Waals surface area contributed by atoms with E-state index >= 15 is 0 Å². The number of hydrogen-bond acceptors (Lipinski definition) is 16. The third-order valence-electron chi connectivity index (χ3n) is 10.8. The van der Waals surface area contributed by atoms with Crippen LogP contribution in [-0.4, -0.2) is 106 Å². The van der Waals surface area contributed by atoms with Gasteiger partial charge in [-0.3, -0.25) is 19.6 Å². The number of ether oxygens (including phenoxy) is 2. The van der Waals surface area contributed by atoms with Crippen LogP contribution in [0.3, 0.4) is 0 Å². The number of hydrogen-bond donors (Lipinski definition) is 2. The van der Waals surface area contributed by atoms with Crippen molar-refractivity contribution in [3.63, 3.8) is 0 Å². The van der Waals surface area contributed by atoms with E-state index in [1.807, 2.05) is 56.2 Å². The molecule has 0 saturated heterocycles. The summed E-state index contributed by atoms with van der Waals surface area (Å²) in [6.45, 7) is 5.29. The maximum absolute atomic E-state index is 13.9. The van der Waals surface area contributed by atoms with Crippen LogP contribution < -0.4 is 20.1 Å². The number of benzene rings is 4. The highest BCUT2D eigenvalue weighted by Crippen LogP contribution is 2.39. The molecule has 2 N–H and O–H groups in total. The number of halogens is 4. The van der Waals surface area contributed by atoms with Gasteiger partial charge in [-0.05, 0) is 101 Å². The first-order chi connectivity index (χ1) is 35.9. The van der Waals surface area contributed by atoms with Crippen molar-refractivity contribution in [2.24, 2.45) is 0 Å². The number of nitrogens with one attached hydrogen (secondary N) is 2. The standard InChI is InChI=1S/C27H23F3N6O3.C26H23ClN6O3/c1-16-33-25(35-39-16)17-6-8-21(22(12-17)27(28,29)30)23-9-7-20(15-32-23)34-26(37)18-4-5-19(14-31)24(13-18)38-11-10-36(2)3;1-16-30-25(32-36-16)17-6-8-21(22(27)12-17)23-9-7-20(15-29-23)31-26(34)18-4-5-19(14-28)24(13-18)35-11-10-33(2)3/h4-9,12-13,15H,10-11H2,1-3H3,(H,34,37);4-9,12-13,15H,10-11H2,1-3H3,(H,31,34). The highest BCUT2D eigenvalue weighted by atomic mass is 35.5. The summed E-state index contributed by atoms with van der Waals surface area (Å²) in [6, 6.07) is 28.7. The number of nitrogens with zero attached hydrogens (tertiary/aromatic N) is 10. The number of aromatic nitrogens is 6. The van der Waals surface area contributed by atoms with Gasteiger partial charge in [-0.25, -0.2) is 0 Å². The highest BCUT2D eigenvalue weighted by molar-refractivity contribution is 6.33. The SMILES string of the molecule is Cc1nc(-c2ccc(-c3ccc(NC(=O)c4ccc(C#N)c(OCCN(C)C)c4)cn3)c(C(F)(F)F)c2)no1.Cc1nc(-c2ccc(-c3ccc(NC(=O)c4ccc(C#N)c(OCCN(C)C)c4)cn3)c(Cl)c2)no1. The molecule has 22 heteroatoms.